The van der Waals surface area contributed by atoms with Crippen molar-refractivity contribution in [3.63, 3.8) is 0 Å². The lowest BCUT2D eigenvalue weighted by Crippen LogP contribution is -2.35. The van der Waals surface area contributed by atoms with E-state index in [1.54, 1.807) is 18.9 Å². The molecule has 0 saturated carbocycles. The third kappa shape index (κ3) is 4.68. The number of likely N-dealkylation sites (tertiary alicyclic amines) is 1. The van der Waals surface area contributed by atoms with Crippen LogP contribution in [0.25, 0.3) is 10.6 Å². The summed E-state index contributed by atoms with van der Waals surface area (Å²) in [6.07, 6.45) is -1.94. The first-order chi connectivity index (χ1) is 12.8. The fourth-order valence-electron chi connectivity index (χ4n) is 3.09. The Bertz CT molecular complexity index is 796. The fourth-order valence-corrected chi connectivity index (χ4v) is 4.16. The van der Waals surface area contributed by atoms with Crippen LogP contribution in [-0.2, 0) is 6.18 Å². The third-order valence-electron chi connectivity index (χ3n) is 4.75. The van der Waals surface area contributed by atoms with E-state index in [1.807, 2.05) is 0 Å². The minimum Gasteiger partial charge on any atom is -0.340 e. The summed E-state index contributed by atoms with van der Waals surface area (Å²) in [6.45, 7) is 5.42. The maximum Gasteiger partial charge on any atom is 0.416 e. The standard InChI is InChI=1S/C19H22F3N3OS/c1-13-16(18(26)24(2)11-12-25-9-3-4-10-25)27-17(23-13)14-5-7-15(8-6-14)19(20,21)22/h5-8H,3-4,9-12H2,1-2H3. The lowest BCUT2D eigenvalue weighted by Gasteiger charge is -2.21. The molecule has 0 atom stereocenters. The minimum atomic E-state index is -4.36. The second-order valence-corrected chi connectivity index (χ2v) is 7.78. The molecule has 0 spiro atoms. The molecule has 1 saturated heterocycles. The van der Waals surface area contributed by atoms with Gasteiger partial charge in [-0.05, 0) is 45.0 Å². The number of carbonyl (C=O) groups is 1. The van der Waals surface area contributed by atoms with Crippen LogP contribution in [0.3, 0.4) is 0 Å². The van der Waals surface area contributed by atoms with E-state index in [0.29, 0.717) is 27.7 Å². The molecule has 0 unspecified atom stereocenters. The molecule has 0 aliphatic carbocycles. The Morgan fingerprint density at radius 3 is 2.44 bits per heavy atom. The Labute approximate surface area is 160 Å². The van der Waals surface area contributed by atoms with Crippen LogP contribution in [0.2, 0.25) is 0 Å². The molecule has 4 nitrogen and oxygen atoms in total. The molecule has 8 heteroatoms. The zero-order valence-corrected chi connectivity index (χ0v) is 16.2. The van der Waals surface area contributed by atoms with E-state index in [-0.39, 0.29) is 5.91 Å². The molecule has 1 fully saturated rings. The van der Waals surface area contributed by atoms with Crippen LogP contribution in [0.4, 0.5) is 13.2 Å². The van der Waals surface area contributed by atoms with Crippen LogP contribution in [0.5, 0.6) is 0 Å². The number of carbonyl (C=O) groups excluding carboxylic acids is 1. The SMILES string of the molecule is Cc1nc(-c2ccc(C(F)(F)F)cc2)sc1C(=O)N(C)CCN1CCCC1. The van der Waals surface area contributed by atoms with Crippen molar-refractivity contribution in [2.75, 3.05) is 33.2 Å². The molecule has 3 rings (SSSR count). The topological polar surface area (TPSA) is 36.4 Å². The number of aryl methyl sites for hydroxylation is 1. The van der Waals surface area contributed by atoms with Gasteiger partial charge in [-0.15, -0.1) is 11.3 Å². The van der Waals surface area contributed by atoms with E-state index in [1.165, 1.54) is 36.3 Å². The van der Waals surface area contributed by atoms with Gasteiger partial charge in [0.1, 0.15) is 9.88 Å². The van der Waals surface area contributed by atoms with Gasteiger partial charge in [-0.1, -0.05) is 12.1 Å². The van der Waals surface area contributed by atoms with Gasteiger partial charge < -0.3 is 9.80 Å². The monoisotopic (exact) mass is 397 g/mol. The first-order valence-corrected chi connectivity index (χ1v) is 9.70. The Morgan fingerprint density at radius 2 is 1.85 bits per heavy atom. The molecule has 1 amide bonds. The number of rotatable bonds is 5. The van der Waals surface area contributed by atoms with Gasteiger partial charge in [0, 0.05) is 25.7 Å². The molecule has 2 heterocycles. The van der Waals surface area contributed by atoms with Crippen molar-refractivity contribution in [1.29, 1.82) is 0 Å². The van der Waals surface area contributed by atoms with Crippen molar-refractivity contribution in [2.45, 2.75) is 25.9 Å². The Morgan fingerprint density at radius 1 is 1.22 bits per heavy atom. The van der Waals surface area contributed by atoms with E-state index >= 15 is 0 Å². The van der Waals surface area contributed by atoms with Crippen LogP contribution < -0.4 is 0 Å². The number of aromatic nitrogens is 1. The fraction of sp³-hybridized carbons (Fsp3) is 0.474. The second kappa shape index (κ2) is 7.98. The Hall–Kier alpha value is -1.93. The van der Waals surface area contributed by atoms with Crippen LogP contribution in [-0.4, -0.2) is 53.9 Å². The zero-order valence-electron chi connectivity index (χ0n) is 15.3. The number of halogens is 3. The van der Waals surface area contributed by atoms with E-state index < -0.39 is 11.7 Å². The van der Waals surface area contributed by atoms with Crippen molar-refractivity contribution in [2.24, 2.45) is 0 Å². The maximum atomic E-state index is 12.7. The number of likely N-dealkylation sites (N-methyl/N-ethyl adjacent to an activating group) is 1. The Balaban J connectivity index is 1.70. The van der Waals surface area contributed by atoms with Crippen molar-refractivity contribution < 1.29 is 18.0 Å². The number of benzene rings is 1. The molecular weight excluding hydrogens is 375 g/mol. The minimum absolute atomic E-state index is 0.0950. The molecule has 146 valence electrons. The number of hydrogen-bond acceptors (Lipinski definition) is 4. The molecule has 1 aliphatic heterocycles. The molecule has 1 aromatic carbocycles. The average Bonchev–Trinajstić information content (AvgIpc) is 3.28. The predicted molar refractivity (Wildman–Crippen MR) is 99.9 cm³/mol. The van der Waals surface area contributed by atoms with Crippen molar-refractivity contribution in [3.8, 4) is 10.6 Å². The molecule has 0 radical (unpaired) electrons. The largest absolute Gasteiger partial charge is 0.416 e. The van der Waals surface area contributed by atoms with Crippen molar-refractivity contribution in [3.05, 3.63) is 40.4 Å². The van der Waals surface area contributed by atoms with Gasteiger partial charge in [0.15, 0.2) is 0 Å². The van der Waals surface area contributed by atoms with Gasteiger partial charge in [0.25, 0.3) is 5.91 Å². The van der Waals surface area contributed by atoms with E-state index in [4.69, 9.17) is 0 Å². The quantitative estimate of drug-likeness (QED) is 0.755. The lowest BCUT2D eigenvalue weighted by atomic mass is 10.1. The summed E-state index contributed by atoms with van der Waals surface area (Å²) < 4.78 is 38.1. The van der Waals surface area contributed by atoms with Gasteiger partial charge in [0.05, 0.1) is 11.3 Å². The Kier molecular flexibility index (Phi) is 5.86. The molecule has 1 aliphatic rings. The maximum absolute atomic E-state index is 12.7. The highest BCUT2D eigenvalue weighted by Crippen LogP contribution is 2.33. The summed E-state index contributed by atoms with van der Waals surface area (Å²) in [5, 5.41) is 0.553. The summed E-state index contributed by atoms with van der Waals surface area (Å²) in [5.74, 6) is -0.0950. The van der Waals surface area contributed by atoms with E-state index in [2.05, 4.69) is 9.88 Å². The van der Waals surface area contributed by atoms with Gasteiger partial charge in [-0.2, -0.15) is 13.2 Å². The van der Waals surface area contributed by atoms with Crippen LogP contribution in [0, 0.1) is 6.92 Å². The number of amides is 1. The molecule has 0 bridgehead atoms. The summed E-state index contributed by atoms with van der Waals surface area (Å²) >= 11 is 1.22. The molecular formula is C19H22F3N3OS. The first-order valence-electron chi connectivity index (χ1n) is 8.88. The van der Waals surface area contributed by atoms with Crippen LogP contribution in [0.15, 0.2) is 24.3 Å². The predicted octanol–water partition coefficient (Wildman–Crippen LogP) is 4.31. The van der Waals surface area contributed by atoms with Crippen molar-refractivity contribution in [1.82, 2.24) is 14.8 Å². The van der Waals surface area contributed by atoms with Gasteiger partial charge in [-0.25, -0.2) is 4.98 Å². The smallest absolute Gasteiger partial charge is 0.340 e. The summed E-state index contributed by atoms with van der Waals surface area (Å²) in [7, 11) is 1.77. The molecule has 2 aromatic rings. The first kappa shape index (κ1) is 19.8. The van der Waals surface area contributed by atoms with E-state index in [0.717, 1.165) is 31.8 Å². The molecule has 27 heavy (non-hydrogen) atoms. The van der Waals surface area contributed by atoms with E-state index in [9.17, 15) is 18.0 Å². The normalized spacial score (nSPS) is 15.3. The number of thiazole rings is 1. The van der Waals surface area contributed by atoms with Gasteiger partial charge >= 0.3 is 6.18 Å². The summed E-state index contributed by atoms with van der Waals surface area (Å²) in [6, 6.07) is 4.87. The van der Waals surface area contributed by atoms with Crippen LogP contribution in [0.1, 0.15) is 33.8 Å². The highest BCUT2D eigenvalue weighted by molar-refractivity contribution is 7.17. The van der Waals surface area contributed by atoms with Crippen LogP contribution >= 0.6 is 11.3 Å². The second-order valence-electron chi connectivity index (χ2n) is 6.78. The molecule has 1 aromatic heterocycles. The average molecular weight is 397 g/mol. The highest BCUT2D eigenvalue weighted by Gasteiger charge is 2.30. The number of nitrogens with zero attached hydrogens (tertiary/aromatic N) is 3. The third-order valence-corrected chi connectivity index (χ3v) is 5.94. The zero-order chi connectivity index (χ0) is 19.6. The van der Waals surface area contributed by atoms with Crippen molar-refractivity contribution >= 4 is 17.2 Å². The lowest BCUT2D eigenvalue weighted by molar-refractivity contribution is -0.137. The highest BCUT2D eigenvalue weighted by atomic mass is 32.1. The number of hydrogen-bond donors (Lipinski definition) is 0. The van der Waals surface area contributed by atoms with Gasteiger partial charge in [-0.3, -0.25) is 4.79 Å². The summed E-state index contributed by atoms with van der Waals surface area (Å²) in [5.41, 5.74) is 0.486. The van der Waals surface area contributed by atoms with Gasteiger partial charge in [0.2, 0.25) is 0 Å². The number of alkyl halides is 3. The summed E-state index contributed by atoms with van der Waals surface area (Å²) in [4.78, 5) is 21.7. The molecule has 0 N–H and O–H groups in total.